The Morgan fingerprint density at radius 1 is 1.11 bits per heavy atom. The number of hydrogen-bond donors (Lipinski definition) is 2. The molecule has 3 aromatic rings. The van der Waals surface area contributed by atoms with E-state index in [1.165, 1.54) is 0 Å². The minimum atomic E-state index is -1.53. The second kappa shape index (κ2) is 4.81. The number of halogens is 1. The lowest BCUT2D eigenvalue weighted by molar-refractivity contribution is 0.426. The molecule has 0 aliphatic heterocycles. The second-order valence-corrected chi connectivity index (χ2v) is 5.05. The summed E-state index contributed by atoms with van der Waals surface area (Å²) in [5, 5.41) is 18.5. The fourth-order valence-electron chi connectivity index (χ4n) is 1.88. The molecule has 0 saturated heterocycles. The molecule has 0 amide bonds. The van der Waals surface area contributed by atoms with E-state index in [-0.39, 0.29) is 0 Å². The molecule has 2 aromatic carbocycles. The monoisotopic (exact) mass is 317 g/mol. The van der Waals surface area contributed by atoms with E-state index in [1.807, 2.05) is 30.3 Å². The van der Waals surface area contributed by atoms with Gasteiger partial charge in [0.15, 0.2) is 5.58 Å². The van der Waals surface area contributed by atoms with Gasteiger partial charge in [-0.15, -0.1) is 0 Å². The maximum absolute atomic E-state index is 9.24. The van der Waals surface area contributed by atoms with Gasteiger partial charge in [0, 0.05) is 10.0 Å². The average Bonchev–Trinajstić information content (AvgIpc) is 2.81. The first kappa shape index (κ1) is 12.4. The van der Waals surface area contributed by atoms with Crippen LogP contribution < -0.4 is 5.46 Å². The molecule has 6 heteroatoms. The highest BCUT2D eigenvalue weighted by Gasteiger charge is 2.15. The molecule has 0 atom stereocenters. The first-order valence-corrected chi connectivity index (χ1v) is 6.45. The van der Waals surface area contributed by atoms with Crippen molar-refractivity contribution in [1.82, 2.24) is 4.98 Å². The third-order valence-corrected chi connectivity index (χ3v) is 3.22. The van der Waals surface area contributed by atoms with E-state index < -0.39 is 7.12 Å². The highest BCUT2D eigenvalue weighted by atomic mass is 79.9. The molecule has 2 N–H and O–H groups in total. The maximum Gasteiger partial charge on any atom is 0.488 e. The molecule has 0 radical (unpaired) electrons. The minimum absolute atomic E-state index is 0.381. The molecule has 0 aliphatic carbocycles. The van der Waals surface area contributed by atoms with Crippen molar-refractivity contribution in [3.8, 4) is 11.5 Å². The molecule has 0 fully saturated rings. The van der Waals surface area contributed by atoms with Crippen molar-refractivity contribution in [2.24, 2.45) is 0 Å². The molecule has 0 spiro atoms. The van der Waals surface area contributed by atoms with Crippen molar-refractivity contribution < 1.29 is 14.5 Å². The lowest BCUT2D eigenvalue weighted by atomic mass is 9.79. The molecule has 3 rings (SSSR count). The highest BCUT2D eigenvalue weighted by Crippen LogP contribution is 2.25. The molecule has 94 valence electrons. The van der Waals surface area contributed by atoms with E-state index in [1.54, 1.807) is 12.1 Å². The third kappa shape index (κ3) is 2.42. The lowest BCUT2D eigenvalue weighted by Crippen LogP contribution is -2.29. The Balaban J connectivity index is 2.15. The van der Waals surface area contributed by atoms with E-state index in [4.69, 9.17) is 4.42 Å². The van der Waals surface area contributed by atoms with Gasteiger partial charge in [-0.1, -0.05) is 28.1 Å². The lowest BCUT2D eigenvalue weighted by Gasteiger charge is -2.03. The van der Waals surface area contributed by atoms with Crippen molar-refractivity contribution in [2.75, 3.05) is 0 Å². The smallest absolute Gasteiger partial charge is 0.436 e. The van der Waals surface area contributed by atoms with E-state index in [0.717, 1.165) is 9.99 Å². The second-order valence-electron chi connectivity index (χ2n) is 4.13. The Kier molecular flexibility index (Phi) is 3.14. The van der Waals surface area contributed by atoms with Gasteiger partial charge in [0.25, 0.3) is 0 Å². The van der Waals surface area contributed by atoms with Gasteiger partial charge in [-0.3, -0.25) is 0 Å². The molecule has 1 heterocycles. The molecule has 0 bridgehead atoms. The Labute approximate surface area is 118 Å². The van der Waals surface area contributed by atoms with Crippen LogP contribution in [0.3, 0.4) is 0 Å². The van der Waals surface area contributed by atoms with Crippen LogP contribution in [0.5, 0.6) is 0 Å². The van der Waals surface area contributed by atoms with Crippen molar-refractivity contribution >= 4 is 39.6 Å². The SMILES string of the molecule is OB(O)c1cc(Br)cc(-c2nc3ccccc3o2)c1. The van der Waals surface area contributed by atoms with Crippen LogP contribution in [0.15, 0.2) is 51.4 Å². The van der Waals surface area contributed by atoms with Crippen LogP contribution in [0, 0.1) is 0 Å². The summed E-state index contributed by atoms with van der Waals surface area (Å²) < 4.78 is 6.38. The van der Waals surface area contributed by atoms with E-state index in [9.17, 15) is 10.0 Å². The van der Waals surface area contributed by atoms with Gasteiger partial charge in [-0.2, -0.15) is 0 Å². The van der Waals surface area contributed by atoms with Crippen molar-refractivity contribution in [2.45, 2.75) is 0 Å². The summed E-state index contributed by atoms with van der Waals surface area (Å²) in [6, 6.07) is 12.6. The zero-order valence-electron chi connectivity index (χ0n) is 9.75. The predicted octanol–water partition coefficient (Wildman–Crippen LogP) is 1.94. The minimum Gasteiger partial charge on any atom is -0.436 e. The van der Waals surface area contributed by atoms with Crippen molar-refractivity contribution in [3.05, 3.63) is 46.9 Å². The van der Waals surface area contributed by atoms with Crippen LogP contribution in [0.2, 0.25) is 0 Å². The standard InChI is InChI=1S/C13H9BBrNO3/c15-10-6-8(5-9(7-10)14(17)18)13-16-11-3-1-2-4-12(11)19-13/h1-7,17-18H. The molecule has 0 aliphatic rings. The van der Waals surface area contributed by atoms with Gasteiger partial charge in [-0.25, -0.2) is 4.98 Å². The zero-order chi connectivity index (χ0) is 13.4. The molecular weight excluding hydrogens is 309 g/mol. The fourth-order valence-corrected chi connectivity index (χ4v) is 2.39. The molecule has 0 saturated carbocycles. The van der Waals surface area contributed by atoms with Gasteiger partial charge in [-0.05, 0) is 35.8 Å². The maximum atomic E-state index is 9.24. The van der Waals surface area contributed by atoms with Crippen molar-refractivity contribution in [3.63, 3.8) is 0 Å². The van der Waals surface area contributed by atoms with Gasteiger partial charge in [0.1, 0.15) is 5.52 Å². The van der Waals surface area contributed by atoms with Crippen LogP contribution in [-0.4, -0.2) is 22.2 Å². The Bertz CT molecular complexity index is 709. The predicted molar refractivity (Wildman–Crippen MR) is 77.0 cm³/mol. The number of nitrogens with zero attached hydrogens (tertiary/aromatic N) is 1. The normalized spacial score (nSPS) is 10.9. The first-order valence-electron chi connectivity index (χ1n) is 5.66. The topological polar surface area (TPSA) is 66.5 Å². The summed E-state index contributed by atoms with van der Waals surface area (Å²) in [6.07, 6.45) is 0. The van der Waals surface area contributed by atoms with E-state index >= 15 is 0 Å². The Morgan fingerprint density at radius 3 is 2.63 bits per heavy atom. The van der Waals surface area contributed by atoms with Crippen LogP contribution >= 0.6 is 15.9 Å². The van der Waals surface area contributed by atoms with Gasteiger partial charge in [0.2, 0.25) is 5.89 Å². The summed E-state index contributed by atoms with van der Waals surface area (Å²) in [5.74, 6) is 0.449. The third-order valence-electron chi connectivity index (χ3n) is 2.76. The number of oxazole rings is 1. The van der Waals surface area contributed by atoms with Crippen molar-refractivity contribution in [1.29, 1.82) is 0 Å². The average molecular weight is 318 g/mol. The van der Waals surface area contributed by atoms with Gasteiger partial charge in [0.05, 0.1) is 0 Å². The summed E-state index contributed by atoms with van der Waals surface area (Å²) in [7, 11) is -1.53. The Morgan fingerprint density at radius 2 is 1.89 bits per heavy atom. The van der Waals surface area contributed by atoms with E-state index in [2.05, 4.69) is 20.9 Å². The largest absolute Gasteiger partial charge is 0.488 e. The molecule has 0 unspecified atom stereocenters. The fraction of sp³-hybridized carbons (Fsp3) is 0. The summed E-state index contributed by atoms with van der Waals surface area (Å²) in [4.78, 5) is 4.37. The number of benzene rings is 2. The molecule has 19 heavy (non-hydrogen) atoms. The van der Waals surface area contributed by atoms with Gasteiger partial charge < -0.3 is 14.5 Å². The van der Waals surface area contributed by atoms with Crippen LogP contribution in [0.25, 0.3) is 22.6 Å². The molecule has 1 aromatic heterocycles. The van der Waals surface area contributed by atoms with Crippen LogP contribution in [-0.2, 0) is 0 Å². The van der Waals surface area contributed by atoms with Crippen LogP contribution in [0.1, 0.15) is 0 Å². The van der Waals surface area contributed by atoms with Crippen LogP contribution in [0.4, 0.5) is 0 Å². The summed E-state index contributed by atoms with van der Waals surface area (Å²) >= 11 is 3.33. The van der Waals surface area contributed by atoms with Gasteiger partial charge >= 0.3 is 7.12 Å². The molecular formula is C13H9BBrNO3. The highest BCUT2D eigenvalue weighted by molar-refractivity contribution is 9.10. The quantitative estimate of drug-likeness (QED) is 0.709. The summed E-state index contributed by atoms with van der Waals surface area (Å²) in [6.45, 7) is 0. The number of rotatable bonds is 2. The Hall–Kier alpha value is -1.63. The number of hydrogen-bond acceptors (Lipinski definition) is 4. The van der Waals surface area contributed by atoms with E-state index in [0.29, 0.717) is 22.5 Å². The first-order chi connectivity index (χ1) is 9.13. The summed E-state index contributed by atoms with van der Waals surface area (Å²) in [5.41, 5.74) is 2.53. The number of fused-ring (bicyclic) bond motifs is 1. The number of para-hydroxylation sites is 2. The molecule has 4 nitrogen and oxygen atoms in total. The number of aromatic nitrogens is 1. The zero-order valence-corrected chi connectivity index (χ0v) is 11.3.